The molecule has 2 aliphatic rings. The van der Waals surface area contributed by atoms with Gasteiger partial charge in [-0.25, -0.2) is 0 Å². The summed E-state index contributed by atoms with van der Waals surface area (Å²) in [5.41, 5.74) is 0.809. The molecule has 3 heterocycles. The van der Waals surface area contributed by atoms with Crippen molar-refractivity contribution in [2.24, 2.45) is 0 Å². The fraction of sp³-hybridized carbons (Fsp3) is 0.562. The van der Waals surface area contributed by atoms with Crippen molar-refractivity contribution in [1.29, 1.82) is 0 Å². The Balaban J connectivity index is 1.63. The van der Waals surface area contributed by atoms with Crippen LogP contribution in [0.2, 0.25) is 5.02 Å². The first-order valence-electron chi connectivity index (χ1n) is 8.30. The Bertz CT molecular complexity index is 692. The van der Waals surface area contributed by atoms with E-state index in [1.54, 1.807) is 12.3 Å². The number of pyridine rings is 1. The van der Waals surface area contributed by atoms with Gasteiger partial charge >= 0.3 is 12.1 Å². The second-order valence-corrected chi connectivity index (χ2v) is 6.70. The number of hydrogen-bond donors (Lipinski definition) is 0. The Kier molecular flexibility index (Phi) is 5.27. The van der Waals surface area contributed by atoms with Gasteiger partial charge in [-0.3, -0.25) is 14.6 Å². The predicted molar refractivity (Wildman–Crippen MR) is 88.8 cm³/mol. The number of carbonyl (C=O) groups excluding carboxylic acids is 2. The number of amides is 2. The molecule has 6 nitrogen and oxygen atoms in total. The topological polar surface area (TPSA) is 56.8 Å². The van der Waals surface area contributed by atoms with Crippen molar-refractivity contribution in [1.82, 2.24) is 14.8 Å². The Hall–Kier alpha value is -2.03. The minimum Gasteiger partial charge on any atom is -0.367 e. The second kappa shape index (κ2) is 7.30. The summed E-state index contributed by atoms with van der Waals surface area (Å²) in [6, 6.07) is 0.751. The Morgan fingerprint density at radius 1 is 1.15 bits per heavy atom. The van der Waals surface area contributed by atoms with Gasteiger partial charge in [-0.1, -0.05) is 11.6 Å². The zero-order valence-electron chi connectivity index (χ0n) is 13.9. The molecule has 0 radical (unpaired) electrons. The molecule has 1 aromatic heterocycles. The van der Waals surface area contributed by atoms with Crippen LogP contribution in [-0.2, 0) is 9.59 Å². The molecule has 0 unspecified atom stereocenters. The normalized spacial score (nSPS) is 21.2. The lowest BCUT2D eigenvalue weighted by Gasteiger charge is -2.38. The first-order chi connectivity index (χ1) is 12.3. The van der Waals surface area contributed by atoms with Gasteiger partial charge in [0.2, 0.25) is 5.91 Å². The maximum Gasteiger partial charge on any atom is 0.471 e. The SMILES string of the molecule is O=C([C@@H]1CCCN1C(=O)C(F)(F)F)N1CCN(c2ccncc2Cl)CC1. The van der Waals surface area contributed by atoms with Gasteiger partial charge < -0.3 is 14.7 Å². The van der Waals surface area contributed by atoms with Crippen LogP contribution in [0.3, 0.4) is 0 Å². The van der Waals surface area contributed by atoms with Crippen LogP contribution in [0.15, 0.2) is 18.5 Å². The van der Waals surface area contributed by atoms with Crippen molar-refractivity contribution in [3.8, 4) is 0 Å². The molecule has 2 amide bonds. The number of carbonyl (C=O) groups is 2. The van der Waals surface area contributed by atoms with Crippen LogP contribution in [0.25, 0.3) is 0 Å². The van der Waals surface area contributed by atoms with Crippen LogP contribution in [0, 0.1) is 0 Å². The van der Waals surface area contributed by atoms with E-state index < -0.39 is 24.0 Å². The summed E-state index contributed by atoms with van der Waals surface area (Å²) < 4.78 is 38.1. The van der Waals surface area contributed by atoms with Gasteiger partial charge in [0.05, 0.1) is 10.7 Å². The Morgan fingerprint density at radius 3 is 2.46 bits per heavy atom. The smallest absolute Gasteiger partial charge is 0.367 e. The number of rotatable bonds is 2. The summed E-state index contributed by atoms with van der Waals surface area (Å²) in [6.45, 7) is 1.70. The fourth-order valence-corrected chi connectivity index (χ4v) is 3.67. The lowest BCUT2D eigenvalue weighted by Crippen LogP contribution is -2.55. The number of nitrogens with zero attached hydrogens (tertiary/aromatic N) is 4. The quantitative estimate of drug-likeness (QED) is 0.774. The molecule has 1 aromatic rings. The van der Waals surface area contributed by atoms with E-state index in [1.165, 1.54) is 11.1 Å². The van der Waals surface area contributed by atoms with Crippen LogP contribution in [0.5, 0.6) is 0 Å². The number of piperazine rings is 1. The molecule has 3 rings (SSSR count). The van der Waals surface area contributed by atoms with E-state index in [2.05, 4.69) is 4.98 Å². The van der Waals surface area contributed by atoms with E-state index in [9.17, 15) is 22.8 Å². The summed E-state index contributed by atoms with van der Waals surface area (Å²) in [7, 11) is 0. The van der Waals surface area contributed by atoms with Crippen molar-refractivity contribution in [2.75, 3.05) is 37.6 Å². The lowest BCUT2D eigenvalue weighted by molar-refractivity contribution is -0.187. The zero-order valence-corrected chi connectivity index (χ0v) is 14.6. The molecule has 2 saturated heterocycles. The molecule has 26 heavy (non-hydrogen) atoms. The summed E-state index contributed by atoms with van der Waals surface area (Å²) in [5, 5.41) is 0.505. The van der Waals surface area contributed by atoms with Gasteiger partial charge in [0.15, 0.2) is 0 Å². The molecule has 0 aromatic carbocycles. The molecule has 142 valence electrons. The summed E-state index contributed by atoms with van der Waals surface area (Å²) in [5.74, 6) is -2.35. The summed E-state index contributed by atoms with van der Waals surface area (Å²) in [6.07, 6.45) is -1.15. The van der Waals surface area contributed by atoms with E-state index in [4.69, 9.17) is 11.6 Å². The minimum atomic E-state index is -4.96. The Labute approximate surface area is 153 Å². The third-order valence-corrected chi connectivity index (χ3v) is 5.02. The molecule has 0 bridgehead atoms. The standard InChI is InChI=1S/C16H18ClF3N4O2/c17-11-10-21-4-3-12(11)22-6-8-23(9-7-22)14(25)13-2-1-5-24(13)15(26)16(18,19)20/h3-4,10,13H,1-2,5-9H2/t13-/m0/s1. The van der Waals surface area contributed by atoms with Gasteiger partial charge in [-0.2, -0.15) is 13.2 Å². The van der Waals surface area contributed by atoms with Crippen molar-refractivity contribution >= 4 is 29.1 Å². The van der Waals surface area contributed by atoms with Crippen LogP contribution >= 0.6 is 11.6 Å². The highest BCUT2D eigenvalue weighted by molar-refractivity contribution is 6.33. The highest BCUT2D eigenvalue weighted by atomic mass is 35.5. The van der Waals surface area contributed by atoms with Crippen molar-refractivity contribution in [2.45, 2.75) is 25.1 Å². The van der Waals surface area contributed by atoms with Gasteiger partial charge in [-0.05, 0) is 18.9 Å². The van der Waals surface area contributed by atoms with E-state index in [0.29, 0.717) is 42.5 Å². The van der Waals surface area contributed by atoms with E-state index in [1.807, 2.05) is 4.90 Å². The predicted octanol–water partition coefficient (Wildman–Crippen LogP) is 1.94. The molecule has 0 saturated carbocycles. The van der Waals surface area contributed by atoms with E-state index in [0.717, 1.165) is 5.69 Å². The molecule has 1 atom stereocenters. The monoisotopic (exact) mass is 390 g/mol. The van der Waals surface area contributed by atoms with Crippen LogP contribution in [0.4, 0.5) is 18.9 Å². The number of halogens is 4. The largest absolute Gasteiger partial charge is 0.471 e. The maximum absolute atomic E-state index is 12.7. The average molecular weight is 391 g/mol. The lowest BCUT2D eigenvalue weighted by atomic mass is 10.1. The number of hydrogen-bond acceptors (Lipinski definition) is 4. The molecule has 10 heteroatoms. The first kappa shape index (κ1) is 18.8. The van der Waals surface area contributed by atoms with Crippen LogP contribution in [-0.4, -0.2) is 71.5 Å². The number of alkyl halides is 3. The van der Waals surface area contributed by atoms with Crippen LogP contribution < -0.4 is 4.90 Å². The third kappa shape index (κ3) is 3.72. The number of likely N-dealkylation sites (tertiary alicyclic amines) is 1. The van der Waals surface area contributed by atoms with Gasteiger partial charge in [-0.15, -0.1) is 0 Å². The maximum atomic E-state index is 12.7. The summed E-state index contributed by atoms with van der Waals surface area (Å²) in [4.78, 5) is 32.3. The number of anilines is 1. The molecule has 2 fully saturated rings. The van der Waals surface area contributed by atoms with E-state index in [-0.39, 0.29) is 13.0 Å². The van der Waals surface area contributed by atoms with Gasteiger partial charge in [0.25, 0.3) is 0 Å². The van der Waals surface area contributed by atoms with Gasteiger partial charge in [0, 0.05) is 45.1 Å². The minimum absolute atomic E-state index is 0.0403. The van der Waals surface area contributed by atoms with Crippen LogP contribution in [0.1, 0.15) is 12.8 Å². The van der Waals surface area contributed by atoms with E-state index >= 15 is 0 Å². The van der Waals surface area contributed by atoms with Crippen molar-refractivity contribution in [3.05, 3.63) is 23.5 Å². The molecule has 0 aliphatic carbocycles. The van der Waals surface area contributed by atoms with Gasteiger partial charge in [0.1, 0.15) is 6.04 Å². The molecule has 0 spiro atoms. The third-order valence-electron chi connectivity index (χ3n) is 4.72. The second-order valence-electron chi connectivity index (χ2n) is 6.29. The highest BCUT2D eigenvalue weighted by Crippen LogP contribution is 2.28. The zero-order chi connectivity index (χ0) is 18.9. The average Bonchev–Trinajstić information content (AvgIpc) is 3.09. The number of aromatic nitrogens is 1. The highest BCUT2D eigenvalue weighted by Gasteiger charge is 2.48. The summed E-state index contributed by atoms with van der Waals surface area (Å²) >= 11 is 6.12. The molecular weight excluding hydrogens is 373 g/mol. The van der Waals surface area contributed by atoms with Crippen molar-refractivity contribution in [3.63, 3.8) is 0 Å². The fourth-order valence-electron chi connectivity index (χ4n) is 3.43. The molecule has 0 N–H and O–H groups in total. The molecular formula is C16H18ClF3N4O2. The van der Waals surface area contributed by atoms with Crippen molar-refractivity contribution < 1.29 is 22.8 Å². The molecule has 2 aliphatic heterocycles. The Morgan fingerprint density at radius 2 is 1.85 bits per heavy atom. The first-order valence-corrected chi connectivity index (χ1v) is 8.68.